The quantitative estimate of drug-likeness (QED) is 0.518. The average Bonchev–Trinajstić information content (AvgIpc) is 2.92. The Hall–Kier alpha value is -2.04. The lowest BCUT2D eigenvalue weighted by Crippen LogP contribution is -2.54. The van der Waals surface area contributed by atoms with E-state index in [9.17, 15) is 14.4 Å². The lowest BCUT2D eigenvalue weighted by Gasteiger charge is -2.55. The molecule has 0 spiro atoms. The largest absolute Gasteiger partial charge is 0.422 e. The maximum absolute atomic E-state index is 15.5. The Balaban J connectivity index is 1.87. The molecule has 0 aliphatic heterocycles. The minimum atomic E-state index is -1.53. The van der Waals surface area contributed by atoms with Crippen LogP contribution in [0.2, 0.25) is 0 Å². The van der Waals surface area contributed by atoms with Crippen LogP contribution in [0.5, 0.6) is 0 Å². The Labute approximate surface area is 158 Å². The summed E-state index contributed by atoms with van der Waals surface area (Å²) in [5.74, 6) is -0.820. The third kappa shape index (κ3) is 2.23. The van der Waals surface area contributed by atoms with Gasteiger partial charge in [0.05, 0.1) is 0 Å². The Morgan fingerprint density at radius 2 is 1.96 bits per heavy atom. The Morgan fingerprint density at radius 3 is 2.63 bits per heavy atom. The summed E-state index contributed by atoms with van der Waals surface area (Å²) in [6.07, 6.45) is 5.07. The summed E-state index contributed by atoms with van der Waals surface area (Å²) in [7, 11) is 0. The summed E-state index contributed by atoms with van der Waals surface area (Å²) in [5, 5.41) is 0. The van der Waals surface area contributed by atoms with Crippen molar-refractivity contribution in [3.05, 3.63) is 35.6 Å². The van der Waals surface area contributed by atoms with E-state index in [0.29, 0.717) is 24.2 Å². The molecule has 0 radical (unpaired) electrons. The molecular formula is C22H25FO4. The fourth-order valence-corrected chi connectivity index (χ4v) is 6.16. The van der Waals surface area contributed by atoms with Crippen LogP contribution >= 0.6 is 0 Å². The molecule has 4 aliphatic rings. The van der Waals surface area contributed by atoms with Gasteiger partial charge in [0.1, 0.15) is 12.0 Å². The van der Waals surface area contributed by atoms with E-state index in [1.54, 1.807) is 6.08 Å². The van der Waals surface area contributed by atoms with Crippen LogP contribution in [0.4, 0.5) is 4.39 Å². The monoisotopic (exact) mass is 372 g/mol. The normalized spacial score (nSPS) is 43.3. The zero-order valence-corrected chi connectivity index (χ0v) is 16.0. The summed E-state index contributed by atoms with van der Waals surface area (Å²) in [4.78, 5) is 36.6. The van der Waals surface area contributed by atoms with Crippen molar-refractivity contribution in [1.82, 2.24) is 0 Å². The van der Waals surface area contributed by atoms with Crippen molar-refractivity contribution in [2.45, 2.75) is 52.6 Å². The fourth-order valence-electron chi connectivity index (χ4n) is 6.16. The van der Waals surface area contributed by atoms with Gasteiger partial charge in [-0.3, -0.25) is 14.4 Å². The molecule has 0 saturated heterocycles. The maximum atomic E-state index is 15.5. The summed E-state index contributed by atoms with van der Waals surface area (Å²) in [6.45, 7) is 8.76. The van der Waals surface area contributed by atoms with Crippen LogP contribution in [0.15, 0.2) is 35.6 Å². The smallest absolute Gasteiger partial charge is 0.308 e. The van der Waals surface area contributed by atoms with Crippen molar-refractivity contribution in [2.75, 3.05) is 0 Å². The number of esters is 1. The molecule has 4 rings (SSSR count). The van der Waals surface area contributed by atoms with Gasteiger partial charge in [-0.1, -0.05) is 32.6 Å². The first-order valence-electron chi connectivity index (χ1n) is 9.64. The minimum absolute atomic E-state index is 0.0631. The van der Waals surface area contributed by atoms with Gasteiger partial charge in [-0.15, -0.1) is 0 Å². The van der Waals surface area contributed by atoms with Gasteiger partial charge in [0.25, 0.3) is 0 Å². The maximum Gasteiger partial charge on any atom is 0.308 e. The lowest BCUT2D eigenvalue weighted by atomic mass is 9.48. The first kappa shape index (κ1) is 18.3. The second-order valence-electron chi connectivity index (χ2n) is 8.90. The fraction of sp³-hybridized carbons (Fsp3) is 0.591. The summed E-state index contributed by atoms with van der Waals surface area (Å²) >= 11 is 0. The number of allylic oxidation sites excluding steroid dienone is 4. The van der Waals surface area contributed by atoms with Crippen LogP contribution in [0.25, 0.3) is 0 Å². The van der Waals surface area contributed by atoms with Gasteiger partial charge in [-0.2, -0.15) is 0 Å². The molecule has 0 bridgehead atoms. The predicted octanol–water partition coefficient (Wildman–Crippen LogP) is 3.87. The standard InChI is InChI=1S/C22H25FO4/c1-11-18(26)19(27-12(2)24)16-6-5-13-14-7-8-17(25)21(14,3)10-9-15(13)22(16,4)20(11)23/h5-6,13-15,20H,1,7-10H2,2-4H3/t13-,14-,15-,20+,21-,22+/m0/s1. The Bertz CT molecular complexity index is 837. The first-order chi connectivity index (χ1) is 12.6. The molecule has 0 aromatic rings. The number of halogens is 1. The third-order valence-corrected chi connectivity index (χ3v) is 7.70. The number of Topliss-reactive ketones (excluding diaryl/α,β-unsaturated/α-hetero) is 2. The number of hydrogen-bond donors (Lipinski definition) is 0. The van der Waals surface area contributed by atoms with Crippen LogP contribution in [-0.4, -0.2) is 23.7 Å². The van der Waals surface area contributed by atoms with Gasteiger partial charge in [0.2, 0.25) is 5.78 Å². The second kappa shape index (κ2) is 5.73. The van der Waals surface area contributed by atoms with Gasteiger partial charge in [0.15, 0.2) is 5.76 Å². The zero-order chi connectivity index (χ0) is 19.7. The van der Waals surface area contributed by atoms with Crippen LogP contribution in [0.1, 0.15) is 46.5 Å². The number of ether oxygens (including phenoxy) is 1. The van der Waals surface area contributed by atoms with Crippen LogP contribution in [0, 0.1) is 28.6 Å². The van der Waals surface area contributed by atoms with Gasteiger partial charge in [-0.25, -0.2) is 4.39 Å². The number of rotatable bonds is 1. The molecule has 0 amide bonds. The minimum Gasteiger partial charge on any atom is -0.422 e. The first-order valence-corrected chi connectivity index (χ1v) is 9.64. The summed E-state index contributed by atoms with van der Waals surface area (Å²) in [6, 6.07) is 0. The molecule has 0 N–H and O–H groups in total. The topological polar surface area (TPSA) is 60.4 Å². The van der Waals surface area contributed by atoms with Crippen molar-refractivity contribution in [1.29, 1.82) is 0 Å². The van der Waals surface area contributed by atoms with Gasteiger partial charge < -0.3 is 4.74 Å². The van der Waals surface area contributed by atoms with Crippen molar-refractivity contribution in [2.24, 2.45) is 28.6 Å². The van der Waals surface area contributed by atoms with Crippen molar-refractivity contribution < 1.29 is 23.5 Å². The molecule has 4 aliphatic carbocycles. The van der Waals surface area contributed by atoms with E-state index >= 15 is 4.39 Å². The van der Waals surface area contributed by atoms with E-state index in [1.807, 2.05) is 19.9 Å². The van der Waals surface area contributed by atoms with E-state index in [4.69, 9.17) is 4.74 Å². The molecule has 0 unspecified atom stereocenters. The molecule has 2 fully saturated rings. The zero-order valence-electron chi connectivity index (χ0n) is 16.0. The molecule has 6 atom stereocenters. The highest BCUT2D eigenvalue weighted by atomic mass is 19.1. The number of fused-ring (bicyclic) bond motifs is 5. The number of carbonyl (C=O) groups is 3. The molecule has 5 heteroatoms. The SMILES string of the molecule is C=C1C(=O)C(OC(C)=O)=C2C=C[C@@H]3[C@H](CC[C@]4(C)C(=O)CC[C@@H]34)[C@@]2(C)[C@@H]1F. The van der Waals surface area contributed by atoms with Crippen LogP contribution in [-0.2, 0) is 19.1 Å². The average molecular weight is 372 g/mol. The third-order valence-electron chi connectivity index (χ3n) is 7.70. The van der Waals surface area contributed by atoms with E-state index in [2.05, 4.69) is 6.58 Å². The number of carbonyl (C=O) groups excluding carboxylic acids is 3. The van der Waals surface area contributed by atoms with Crippen LogP contribution < -0.4 is 0 Å². The molecule has 4 nitrogen and oxygen atoms in total. The number of hydrogen-bond acceptors (Lipinski definition) is 4. The molecular weight excluding hydrogens is 347 g/mol. The van der Waals surface area contributed by atoms with E-state index in [1.165, 1.54) is 6.92 Å². The van der Waals surface area contributed by atoms with Gasteiger partial charge in [0, 0.05) is 35.3 Å². The lowest BCUT2D eigenvalue weighted by molar-refractivity contribution is -0.141. The van der Waals surface area contributed by atoms with Gasteiger partial charge in [-0.05, 0) is 37.0 Å². The molecule has 0 heterocycles. The molecule has 0 aromatic carbocycles. The predicted molar refractivity (Wildman–Crippen MR) is 97.1 cm³/mol. The van der Waals surface area contributed by atoms with E-state index in [-0.39, 0.29) is 34.5 Å². The number of alkyl halides is 1. The van der Waals surface area contributed by atoms with Crippen molar-refractivity contribution >= 4 is 17.5 Å². The Morgan fingerprint density at radius 1 is 1.26 bits per heavy atom. The van der Waals surface area contributed by atoms with E-state index < -0.39 is 23.3 Å². The van der Waals surface area contributed by atoms with E-state index in [0.717, 1.165) is 12.8 Å². The molecule has 0 aromatic heterocycles. The summed E-state index contributed by atoms with van der Waals surface area (Å²) < 4.78 is 20.8. The molecule has 144 valence electrons. The highest BCUT2D eigenvalue weighted by Crippen LogP contribution is 2.64. The molecule has 2 saturated carbocycles. The van der Waals surface area contributed by atoms with Gasteiger partial charge >= 0.3 is 5.97 Å². The number of ketones is 2. The second-order valence-corrected chi connectivity index (χ2v) is 8.90. The highest BCUT2D eigenvalue weighted by molar-refractivity contribution is 6.10. The van der Waals surface area contributed by atoms with Crippen LogP contribution in [0.3, 0.4) is 0 Å². The summed E-state index contributed by atoms with van der Waals surface area (Å²) in [5.41, 5.74) is -1.02. The van der Waals surface area contributed by atoms with Crippen molar-refractivity contribution in [3.63, 3.8) is 0 Å². The van der Waals surface area contributed by atoms with Crippen molar-refractivity contribution in [3.8, 4) is 0 Å². The highest BCUT2D eigenvalue weighted by Gasteiger charge is 2.62. The molecule has 27 heavy (non-hydrogen) atoms. The Kier molecular flexibility index (Phi) is 3.89.